The van der Waals surface area contributed by atoms with Crippen LogP contribution in [0.5, 0.6) is 0 Å². The number of halogens is 3. The summed E-state index contributed by atoms with van der Waals surface area (Å²) in [5.74, 6) is 2.35. The van der Waals surface area contributed by atoms with E-state index in [0.717, 1.165) is 35.4 Å². The molecule has 3 rings (SSSR count). The maximum absolute atomic E-state index is 12.8. The van der Waals surface area contributed by atoms with Gasteiger partial charge in [0, 0.05) is 52.6 Å². The molecule has 1 aromatic carbocycles. The predicted octanol–water partition coefficient (Wildman–Crippen LogP) is 2.06. The zero-order chi connectivity index (χ0) is 22.4. The lowest BCUT2D eigenvalue weighted by molar-refractivity contribution is -0.137. The van der Waals surface area contributed by atoms with Crippen LogP contribution in [0.3, 0.4) is 0 Å². The molecule has 0 amide bonds. The first kappa shape index (κ1) is 22.9. The first-order valence-electron chi connectivity index (χ1n) is 10.1. The van der Waals surface area contributed by atoms with Crippen LogP contribution in [0.25, 0.3) is 0 Å². The fourth-order valence-electron chi connectivity index (χ4n) is 3.30. The average molecular weight is 439 g/mol. The number of methoxy groups -OCH3 is 1. The molecule has 0 radical (unpaired) electrons. The van der Waals surface area contributed by atoms with Crippen LogP contribution in [0.15, 0.2) is 29.3 Å². The van der Waals surface area contributed by atoms with Crippen LogP contribution < -0.4 is 10.2 Å². The van der Waals surface area contributed by atoms with Gasteiger partial charge in [-0.1, -0.05) is 0 Å². The van der Waals surface area contributed by atoms with Crippen LogP contribution in [-0.4, -0.2) is 72.1 Å². The van der Waals surface area contributed by atoms with Gasteiger partial charge in [0.15, 0.2) is 11.8 Å². The zero-order valence-electron chi connectivity index (χ0n) is 18.0. The molecule has 0 spiro atoms. The van der Waals surface area contributed by atoms with Gasteiger partial charge in [0.25, 0.3) is 0 Å². The molecule has 1 aliphatic rings. The Labute approximate surface area is 179 Å². The summed E-state index contributed by atoms with van der Waals surface area (Å²) < 4.78 is 45.4. The van der Waals surface area contributed by atoms with E-state index in [2.05, 4.69) is 25.3 Å². The Kier molecular flexibility index (Phi) is 7.37. The fraction of sp³-hybridized carbons (Fsp3) is 0.550. The monoisotopic (exact) mass is 439 g/mol. The number of aliphatic imine (C=N–C) groups is 1. The van der Waals surface area contributed by atoms with Gasteiger partial charge < -0.3 is 24.4 Å². The van der Waals surface area contributed by atoms with Crippen LogP contribution in [0, 0.1) is 6.92 Å². The Morgan fingerprint density at radius 2 is 1.81 bits per heavy atom. The lowest BCUT2D eigenvalue weighted by Crippen LogP contribution is -2.53. The number of aryl methyl sites for hydroxylation is 1. The molecular formula is C20H28F3N7O. The Hall–Kier alpha value is -2.82. The molecule has 0 bridgehead atoms. The average Bonchev–Trinajstić information content (AvgIpc) is 3.08. The van der Waals surface area contributed by atoms with E-state index in [4.69, 9.17) is 9.73 Å². The molecule has 0 saturated carbocycles. The Morgan fingerprint density at radius 1 is 1.13 bits per heavy atom. The topological polar surface area (TPSA) is 70.8 Å². The molecule has 0 aliphatic carbocycles. The van der Waals surface area contributed by atoms with E-state index in [9.17, 15) is 13.2 Å². The minimum absolute atomic E-state index is 0.395. The standard InChI is InChI=1S/C20H28F3N7O/c1-15-26-27-18(28(15)2)14-25-19(24-8-13-31-3)30-11-9-29(10-12-30)17-6-4-16(5-7-17)20(21,22)23/h4-7H,8-14H2,1-3H3,(H,24,25). The molecule has 170 valence electrons. The summed E-state index contributed by atoms with van der Waals surface area (Å²) in [7, 11) is 3.55. The van der Waals surface area contributed by atoms with Crippen molar-refractivity contribution in [1.29, 1.82) is 0 Å². The summed E-state index contributed by atoms with van der Waals surface area (Å²) in [6.07, 6.45) is -4.32. The van der Waals surface area contributed by atoms with Crippen LogP contribution in [-0.2, 0) is 24.5 Å². The molecule has 8 nitrogen and oxygen atoms in total. The van der Waals surface area contributed by atoms with E-state index in [-0.39, 0.29) is 0 Å². The number of piperazine rings is 1. The van der Waals surface area contributed by atoms with Crippen LogP contribution in [0.2, 0.25) is 0 Å². The Balaban J connectivity index is 1.64. The fourth-order valence-corrected chi connectivity index (χ4v) is 3.30. The first-order valence-corrected chi connectivity index (χ1v) is 10.1. The second-order valence-corrected chi connectivity index (χ2v) is 7.30. The highest BCUT2D eigenvalue weighted by atomic mass is 19.4. The summed E-state index contributed by atoms with van der Waals surface area (Å²) in [6, 6.07) is 5.31. The third kappa shape index (κ3) is 5.87. The summed E-state index contributed by atoms with van der Waals surface area (Å²) >= 11 is 0. The number of anilines is 1. The van der Waals surface area contributed by atoms with E-state index in [0.29, 0.717) is 45.9 Å². The van der Waals surface area contributed by atoms with E-state index in [1.54, 1.807) is 7.11 Å². The number of aromatic nitrogens is 3. The number of nitrogens with one attached hydrogen (secondary N) is 1. The van der Waals surface area contributed by atoms with E-state index in [1.165, 1.54) is 12.1 Å². The number of guanidine groups is 1. The van der Waals surface area contributed by atoms with Gasteiger partial charge in [-0.2, -0.15) is 13.2 Å². The van der Waals surface area contributed by atoms with Crippen molar-refractivity contribution in [2.45, 2.75) is 19.6 Å². The molecule has 1 aliphatic heterocycles. The number of nitrogens with zero attached hydrogens (tertiary/aromatic N) is 6. The molecule has 11 heteroatoms. The number of benzene rings is 1. The second kappa shape index (κ2) is 9.99. The van der Waals surface area contributed by atoms with E-state index in [1.807, 2.05) is 18.5 Å². The van der Waals surface area contributed by atoms with Crippen LogP contribution in [0.4, 0.5) is 18.9 Å². The van der Waals surface area contributed by atoms with Gasteiger partial charge in [0.05, 0.1) is 12.2 Å². The minimum atomic E-state index is -4.32. The molecule has 1 fully saturated rings. The molecule has 1 aromatic heterocycles. The van der Waals surface area contributed by atoms with Crippen molar-refractivity contribution in [2.75, 3.05) is 51.3 Å². The second-order valence-electron chi connectivity index (χ2n) is 7.30. The van der Waals surface area contributed by atoms with Gasteiger partial charge in [0.1, 0.15) is 12.4 Å². The smallest absolute Gasteiger partial charge is 0.383 e. The van der Waals surface area contributed by atoms with Crippen molar-refractivity contribution in [2.24, 2.45) is 12.0 Å². The number of rotatable bonds is 6. The van der Waals surface area contributed by atoms with Crippen molar-refractivity contribution >= 4 is 11.6 Å². The quantitative estimate of drug-likeness (QED) is 0.422. The third-order valence-electron chi connectivity index (χ3n) is 5.28. The molecular weight excluding hydrogens is 411 g/mol. The van der Waals surface area contributed by atoms with Crippen molar-refractivity contribution in [3.05, 3.63) is 41.5 Å². The van der Waals surface area contributed by atoms with E-state index < -0.39 is 11.7 Å². The summed E-state index contributed by atoms with van der Waals surface area (Å²) in [5.41, 5.74) is 0.152. The predicted molar refractivity (Wildman–Crippen MR) is 112 cm³/mol. The Morgan fingerprint density at radius 3 is 2.35 bits per heavy atom. The van der Waals surface area contributed by atoms with Crippen molar-refractivity contribution in [3.8, 4) is 0 Å². The maximum atomic E-state index is 12.8. The molecule has 0 unspecified atom stereocenters. The number of hydrogen-bond donors (Lipinski definition) is 1. The molecule has 2 aromatic rings. The first-order chi connectivity index (χ1) is 14.8. The lowest BCUT2D eigenvalue weighted by Gasteiger charge is -2.37. The highest BCUT2D eigenvalue weighted by Crippen LogP contribution is 2.30. The zero-order valence-corrected chi connectivity index (χ0v) is 18.0. The van der Waals surface area contributed by atoms with Crippen LogP contribution >= 0.6 is 0 Å². The van der Waals surface area contributed by atoms with Crippen molar-refractivity contribution < 1.29 is 17.9 Å². The number of hydrogen-bond acceptors (Lipinski definition) is 5. The molecule has 2 heterocycles. The molecule has 1 saturated heterocycles. The van der Waals surface area contributed by atoms with Crippen molar-refractivity contribution in [1.82, 2.24) is 25.0 Å². The largest absolute Gasteiger partial charge is 0.416 e. The molecule has 31 heavy (non-hydrogen) atoms. The van der Waals surface area contributed by atoms with Crippen LogP contribution in [0.1, 0.15) is 17.2 Å². The highest BCUT2D eigenvalue weighted by Gasteiger charge is 2.30. The summed E-state index contributed by atoms with van der Waals surface area (Å²) in [5, 5.41) is 11.5. The minimum Gasteiger partial charge on any atom is -0.383 e. The SMILES string of the molecule is COCCNC(=NCc1nnc(C)n1C)N1CCN(c2ccc(C(F)(F)F)cc2)CC1. The third-order valence-corrected chi connectivity index (χ3v) is 5.28. The maximum Gasteiger partial charge on any atom is 0.416 e. The normalized spacial score (nSPS) is 15.5. The highest BCUT2D eigenvalue weighted by molar-refractivity contribution is 5.80. The van der Waals surface area contributed by atoms with Crippen molar-refractivity contribution in [3.63, 3.8) is 0 Å². The number of ether oxygens (including phenoxy) is 1. The lowest BCUT2D eigenvalue weighted by atomic mass is 10.1. The van der Waals surface area contributed by atoms with Gasteiger partial charge in [-0.15, -0.1) is 10.2 Å². The van der Waals surface area contributed by atoms with Gasteiger partial charge in [0.2, 0.25) is 0 Å². The number of alkyl halides is 3. The molecule has 0 atom stereocenters. The van der Waals surface area contributed by atoms with E-state index >= 15 is 0 Å². The molecule has 1 N–H and O–H groups in total. The Bertz CT molecular complexity index is 872. The van der Waals surface area contributed by atoms with Gasteiger partial charge in [-0.25, -0.2) is 4.99 Å². The van der Waals surface area contributed by atoms with Gasteiger partial charge in [-0.05, 0) is 31.2 Å². The van der Waals surface area contributed by atoms with Gasteiger partial charge in [-0.3, -0.25) is 0 Å². The summed E-state index contributed by atoms with van der Waals surface area (Å²) in [4.78, 5) is 8.93. The summed E-state index contributed by atoms with van der Waals surface area (Å²) in [6.45, 7) is 6.19. The van der Waals surface area contributed by atoms with Gasteiger partial charge >= 0.3 is 6.18 Å².